The quantitative estimate of drug-likeness (QED) is 0.680. The van der Waals surface area contributed by atoms with E-state index in [0.717, 1.165) is 19.4 Å². The Hall–Kier alpha value is -1.10. The minimum Gasteiger partial charge on any atom is -0.467 e. The van der Waals surface area contributed by atoms with E-state index >= 15 is 0 Å². The lowest BCUT2D eigenvalue weighted by Crippen LogP contribution is -2.48. The van der Waals surface area contributed by atoms with E-state index in [1.54, 1.807) is 0 Å². The van der Waals surface area contributed by atoms with Crippen molar-refractivity contribution < 1.29 is 14.3 Å². The van der Waals surface area contributed by atoms with Crippen molar-refractivity contribution in [3.8, 4) is 0 Å². The Bertz CT molecular complexity index is 275. The fraction of sp³-hybridized carbons (Fsp3) is 0.833. The number of methoxy groups -OCH3 is 1. The standard InChI is InChI=1S/C12H22N2O3/c1-4-8(2)10(12(16)17-3)14-11(15)9-5-6-13-7-9/h8-10,13H,4-7H2,1-3H3,(H,14,15)/t8-,9?,10-/m0/s1. The first kappa shape index (κ1) is 14.0. The Morgan fingerprint density at radius 1 is 1.53 bits per heavy atom. The Morgan fingerprint density at radius 3 is 2.71 bits per heavy atom. The fourth-order valence-corrected chi connectivity index (χ4v) is 1.95. The molecule has 2 N–H and O–H groups in total. The molecule has 0 bridgehead atoms. The van der Waals surface area contributed by atoms with Crippen LogP contribution in [0.4, 0.5) is 0 Å². The van der Waals surface area contributed by atoms with Gasteiger partial charge in [-0.1, -0.05) is 20.3 Å². The first-order chi connectivity index (χ1) is 8.10. The van der Waals surface area contributed by atoms with Crippen LogP contribution < -0.4 is 10.6 Å². The summed E-state index contributed by atoms with van der Waals surface area (Å²) in [4.78, 5) is 23.5. The van der Waals surface area contributed by atoms with Crippen molar-refractivity contribution >= 4 is 11.9 Å². The summed E-state index contributed by atoms with van der Waals surface area (Å²) in [5.41, 5.74) is 0. The predicted molar refractivity (Wildman–Crippen MR) is 64.4 cm³/mol. The molecular formula is C12H22N2O3. The maximum atomic E-state index is 11.9. The Labute approximate surface area is 102 Å². The van der Waals surface area contributed by atoms with E-state index in [9.17, 15) is 9.59 Å². The highest BCUT2D eigenvalue weighted by atomic mass is 16.5. The van der Waals surface area contributed by atoms with Gasteiger partial charge in [-0.3, -0.25) is 4.79 Å². The molecular weight excluding hydrogens is 220 g/mol. The van der Waals surface area contributed by atoms with Crippen LogP contribution in [-0.4, -0.2) is 38.1 Å². The normalized spacial score (nSPS) is 22.9. The molecule has 0 radical (unpaired) electrons. The second kappa shape index (κ2) is 6.59. The van der Waals surface area contributed by atoms with Crippen molar-refractivity contribution in [2.75, 3.05) is 20.2 Å². The van der Waals surface area contributed by atoms with Crippen LogP contribution in [0.5, 0.6) is 0 Å². The van der Waals surface area contributed by atoms with Gasteiger partial charge in [0.1, 0.15) is 6.04 Å². The third-order valence-corrected chi connectivity index (χ3v) is 3.40. The molecule has 0 aromatic carbocycles. The van der Waals surface area contributed by atoms with Crippen LogP contribution >= 0.6 is 0 Å². The molecule has 17 heavy (non-hydrogen) atoms. The van der Waals surface area contributed by atoms with Gasteiger partial charge < -0.3 is 15.4 Å². The molecule has 1 fully saturated rings. The lowest BCUT2D eigenvalue weighted by atomic mass is 9.98. The van der Waals surface area contributed by atoms with Gasteiger partial charge in [-0.25, -0.2) is 4.79 Å². The molecule has 0 aromatic heterocycles. The Morgan fingerprint density at radius 2 is 2.24 bits per heavy atom. The Kier molecular flexibility index (Phi) is 5.41. The topological polar surface area (TPSA) is 67.4 Å². The van der Waals surface area contributed by atoms with Crippen LogP contribution in [0.1, 0.15) is 26.7 Å². The number of esters is 1. The average molecular weight is 242 g/mol. The number of carbonyl (C=O) groups is 2. The highest BCUT2D eigenvalue weighted by Crippen LogP contribution is 2.12. The number of carbonyl (C=O) groups excluding carboxylic acids is 2. The van der Waals surface area contributed by atoms with E-state index in [4.69, 9.17) is 4.74 Å². The van der Waals surface area contributed by atoms with Crippen LogP contribution in [0.2, 0.25) is 0 Å². The summed E-state index contributed by atoms with van der Waals surface area (Å²) in [6, 6.07) is -0.530. The number of hydrogen-bond acceptors (Lipinski definition) is 4. The average Bonchev–Trinajstić information content (AvgIpc) is 2.87. The van der Waals surface area contributed by atoms with Gasteiger partial charge in [0, 0.05) is 6.54 Å². The number of hydrogen-bond donors (Lipinski definition) is 2. The summed E-state index contributed by atoms with van der Waals surface area (Å²) in [6.07, 6.45) is 1.66. The van der Waals surface area contributed by atoms with E-state index in [1.807, 2.05) is 13.8 Å². The summed E-state index contributed by atoms with van der Waals surface area (Å²) < 4.78 is 4.73. The zero-order valence-electron chi connectivity index (χ0n) is 10.8. The largest absolute Gasteiger partial charge is 0.467 e. The second-order valence-corrected chi connectivity index (χ2v) is 4.58. The molecule has 0 aromatic rings. The predicted octanol–water partition coefficient (Wildman–Crippen LogP) is 0.300. The van der Waals surface area contributed by atoms with Gasteiger partial charge in [0.2, 0.25) is 5.91 Å². The summed E-state index contributed by atoms with van der Waals surface area (Å²) in [5, 5.41) is 5.94. The second-order valence-electron chi connectivity index (χ2n) is 4.58. The van der Waals surface area contributed by atoms with Crippen molar-refractivity contribution in [2.45, 2.75) is 32.7 Å². The van der Waals surface area contributed by atoms with E-state index < -0.39 is 6.04 Å². The number of nitrogens with one attached hydrogen (secondary N) is 2. The highest BCUT2D eigenvalue weighted by molar-refractivity contribution is 5.86. The maximum Gasteiger partial charge on any atom is 0.328 e. The van der Waals surface area contributed by atoms with Gasteiger partial charge in [0.15, 0.2) is 0 Å². The van der Waals surface area contributed by atoms with Gasteiger partial charge in [0.25, 0.3) is 0 Å². The van der Waals surface area contributed by atoms with E-state index in [-0.39, 0.29) is 23.7 Å². The van der Waals surface area contributed by atoms with Crippen molar-refractivity contribution in [2.24, 2.45) is 11.8 Å². The molecule has 1 rings (SSSR count). The van der Waals surface area contributed by atoms with E-state index in [1.165, 1.54) is 7.11 Å². The molecule has 0 aliphatic carbocycles. The molecule has 1 heterocycles. The summed E-state index contributed by atoms with van der Waals surface area (Å²) in [7, 11) is 1.35. The SMILES string of the molecule is CC[C@H](C)[C@H](NC(=O)C1CCNC1)C(=O)OC. The molecule has 0 saturated carbocycles. The third kappa shape index (κ3) is 3.70. The molecule has 5 nitrogen and oxygen atoms in total. The lowest BCUT2D eigenvalue weighted by Gasteiger charge is -2.23. The van der Waals surface area contributed by atoms with Crippen molar-refractivity contribution in [1.82, 2.24) is 10.6 Å². The molecule has 1 unspecified atom stereocenters. The van der Waals surface area contributed by atoms with E-state index in [2.05, 4.69) is 10.6 Å². The third-order valence-electron chi connectivity index (χ3n) is 3.40. The molecule has 0 spiro atoms. The van der Waals surface area contributed by atoms with Crippen LogP contribution in [0.15, 0.2) is 0 Å². The minimum atomic E-state index is -0.530. The molecule has 3 atom stereocenters. The van der Waals surface area contributed by atoms with Gasteiger partial charge in [-0.05, 0) is 18.9 Å². The highest BCUT2D eigenvalue weighted by Gasteiger charge is 2.30. The molecule has 5 heteroatoms. The van der Waals surface area contributed by atoms with Crippen LogP contribution in [0.25, 0.3) is 0 Å². The monoisotopic (exact) mass is 242 g/mol. The zero-order valence-corrected chi connectivity index (χ0v) is 10.8. The van der Waals surface area contributed by atoms with Crippen molar-refractivity contribution in [1.29, 1.82) is 0 Å². The van der Waals surface area contributed by atoms with Crippen molar-refractivity contribution in [3.63, 3.8) is 0 Å². The molecule has 1 amide bonds. The molecule has 1 aliphatic heterocycles. The zero-order chi connectivity index (χ0) is 12.8. The maximum absolute atomic E-state index is 11.9. The molecule has 1 aliphatic rings. The first-order valence-electron chi connectivity index (χ1n) is 6.19. The number of ether oxygens (including phenoxy) is 1. The van der Waals surface area contributed by atoms with Gasteiger partial charge in [0.05, 0.1) is 13.0 Å². The van der Waals surface area contributed by atoms with Gasteiger partial charge in [-0.15, -0.1) is 0 Å². The van der Waals surface area contributed by atoms with Crippen molar-refractivity contribution in [3.05, 3.63) is 0 Å². The summed E-state index contributed by atoms with van der Waals surface area (Å²) >= 11 is 0. The van der Waals surface area contributed by atoms with Gasteiger partial charge >= 0.3 is 5.97 Å². The summed E-state index contributed by atoms with van der Waals surface area (Å²) in [6.45, 7) is 5.49. The van der Waals surface area contributed by atoms with Gasteiger partial charge in [-0.2, -0.15) is 0 Å². The van der Waals surface area contributed by atoms with Crippen LogP contribution in [0.3, 0.4) is 0 Å². The lowest BCUT2D eigenvalue weighted by molar-refractivity contribution is -0.147. The van der Waals surface area contributed by atoms with Crippen LogP contribution in [0, 0.1) is 11.8 Å². The van der Waals surface area contributed by atoms with E-state index in [0.29, 0.717) is 6.54 Å². The number of amides is 1. The van der Waals surface area contributed by atoms with Crippen LogP contribution in [-0.2, 0) is 14.3 Å². The fourth-order valence-electron chi connectivity index (χ4n) is 1.95. The summed E-state index contributed by atoms with van der Waals surface area (Å²) in [5.74, 6) is -0.351. The smallest absolute Gasteiger partial charge is 0.328 e. The molecule has 98 valence electrons. The number of rotatable bonds is 5. The Balaban J connectivity index is 2.58. The minimum absolute atomic E-state index is 0.0220. The molecule has 1 saturated heterocycles. The first-order valence-corrected chi connectivity index (χ1v) is 6.19.